The first kappa shape index (κ1) is 15.5. The summed E-state index contributed by atoms with van der Waals surface area (Å²) < 4.78 is 32.7. The molecule has 1 aliphatic heterocycles. The van der Waals surface area contributed by atoms with Gasteiger partial charge < -0.3 is 9.64 Å². The minimum Gasteiger partial charge on any atom is -0.444 e. The number of hydrogen-bond acceptors (Lipinski definition) is 3. The van der Waals surface area contributed by atoms with Crippen LogP contribution in [0.25, 0.3) is 10.4 Å². The molecule has 1 atom stereocenters. The molecule has 0 saturated carbocycles. The number of piperidine rings is 1. The number of likely N-dealkylation sites (tertiary alicyclic amines) is 1. The van der Waals surface area contributed by atoms with E-state index in [9.17, 15) is 13.6 Å². The molecular formula is C11H18F2N4O2. The van der Waals surface area contributed by atoms with Gasteiger partial charge >= 0.3 is 6.09 Å². The van der Waals surface area contributed by atoms with Crippen molar-refractivity contribution >= 4 is 6.09 Å². The van der Waals surface area contributed by atoms with Gasteiger partial charge in [-0.3, -0.25) is 0 Å². The molecule has 8 heteroatoms. The lowest BCUT2D eigenvalue weighted by Crippen LogP contribution is -2.52. The largest absolute Gasteiger partial charge is 0.444 e. The Hall–Kier alpha value is -1.56. The number of carbonyl (C=O) groups is 1. The predicted molar refractivity (Wildman–Crippen MR) is 64.9 cm³/mol. The highest BCUT2D eigenvalue weighted by atomic mass is 19.3. The molecule has 0 aromatic rings. The van der Waals surface area contributed by atoms with Gasteiger partial charge in [0.15, 0.2) is 0 Å². The van der Waals surface area contributed by atoms with Gasteiger partial charge in [-0.15, -0.1) is 0 Å². The summed E-state index contributed by atoms with van der Waals surface area (Å²) in [4.78, 5) is 15.2. The van der Waals surface area contributed by atoms with Gasteiger partial charge in [0.1, 0.15) is 5.60 Å². The topological polar surface area (TPSA) is 78.3 Å². The Kier molecular flexibility index (Phi) is 4.57. The lowest BCUT2D eigenvalue weighted by molar-refractivity contribution is -0.107. The van der Waals surface area contributed by atoms with Crippen molar-refractivity contribution in [2.45, 2.75) is 38.7 Å². The van der Waals surface area contributed by atoms with Crippen LogP contribution in [-0.4, -0.2) is 42.2 Å². The molecule has 108 valence electrons. The number of hydrogen-bond donors (Lipinski definition) is 0. The van der Waals surface area contributed by atoms with Gasteiger partial charge in [0.25, 0.3) is 5.92 Å². The van der Waals surface area contributed by atoms with Crippen molar-refractivity contribution in [2.75, 3.05) is 19.6 Å². The zero-order valence-corrected chi connectivity index (χ0v) is 11.3. The maximum atomic E-state index is 13.8. The van der Waals surface area contributed by atoms with Crippen LogP contribution in [0.1, 0.15) is 27.2 Å². The Balaban J connectivity index is 2.65. The molecule has 6 nitrogen and oxygen atoms in total. The fraction of sp³-hybridized carbons (Fsp3) is 0.909. The van der Waals surface area contributed by atoms with E-state index < -0.39 is 30.1 Å². The lowest BCUT2D eigenvalue weighted by Gasteiger charge is -2.38. The average molecular weight is 276 g/mol. The zero-order chi connectivity index (χ0) is 14.7. The molecule has 1 aliphatic rings. The number of nitrogens with zero attached hydrogens (tertiary/aromatic N) is 4. The van der Waals surface area contributed by atoms with Crippen LogP contribution < -0.4 is 0 Å². The van der Waals surface area contributed by atoms with E-state index in [2.05, 4.69) is 10.0 Å². The van der Waals surface area contributed by atoms with Crippen molar-refractivity contribution < 1.29 is 18.3 Å². The van der Waals surface area contributed by atoms with Gasteiger partial charge in [-0.05, 0) is 32.7 Å². The molecule has 1 heterocycles. The fourth-order valence-corrected chi connectivity index (χ4v) is 1.83. The second-order valence-corrected chi connectivity index (χ2v) is 5.56. The number of ether oxygens (including phenoxy) is 1. The van der Waals surface area contributed by atoms with Crippen molar-refractivity contribution in [1.29, 1.82) is 0 Å². The standard InChI is InChI=1S/C11H18F2N4O2/c1-10(2,3)19-9(18)17-5-4-8(6-15-16-14)11(12,13)7-17/h8H,4-7H2,1-3H3/t8-/m1/s1. The molecule has 19 heavy (non-hydrogen) atoms. The zero-order valence-electron chi connectivity index (χ0n) is 11.3. The van der Waals surface area contributed by atoms with Crippen molar-refractivity contribution in [3.63, 3.8) is 0 Å². The monoisotopic (exact) mass is 276 g/mol. The van der Waals surface area contributed by atoms with Crippen LogP contribution >= 0.6 is 0 Å². The SMILES string of the molecule is CC(C)(C)OC(=O)N1CC[C@H](CN=[N+]=[N-])C(F)(F)C1. The van der Waals surface area contributed by atoms with Crippen LogP contribution in [0.2, 0.25) is 0 Å². The summed E-state index contributed by atoms with van der Waals surface area (Å²) in [7, 11) is 0. The van der Waals surface area contributed by atoms with E-state index >= 15 is 0 Å². The molecule has 0 aromatic heterocycles. The van der Waals surface area contributed by atoms with Gasteiger partial charge in [-0.25, -0.2) is 13.6 Å². The summed E-state index contributed by atoms with van der Waals surface area (Å²) >= 11 is 0. The van der Waals surface area contributed by atoms with Crippen molar-refractivity contribution in [3.05, 3.63) is 10.4 Å². The molecule has 0 aliphatic carbocycles. The van der Waals surface area contributed by atoms with E-state index in [1.54, 1.807) is 20.8 Å². The molecule has 0 N–H and O–H groups in total. The third kappa shape index (κ3) is 4.55. The number of halogens is 2. The molecule has 0 spiro atoms. The van der Waals surface area contributed by atoms with Crippen LogP contribution in [0.3, 0.4) is 0 Å². The molecule has 1 amide bonds. The van der Waals surface area contributed by atoms with Gasteiger partial charge in [0, 0.05) is 23.9 Å². The predicted octanol–water partition coefficient (Wildman–Crippen LogP) is 3.19. The first-order valence-corrected chi connectivity index (χ1v) is 6.02. The maximum absolute atomic E-state index is 13.8. The Morgan fingerprint density at radius 1 is 1.58 bits per heavy atom. The number of azide groups is 1. The van der Waals surface area contributed by atoms with E-state index in [1.807, 2.05) is 0 Å². The van der Waals surface area contributed by atoms with E-state index in [-0.39, 0.29) is 19.5 Å². The first-order chi connectivity index (χ1) is 8.65. The van der Waals surface area contributed by atoms with Gasteiger partial charge in [0.05, 0.1) is 6.54 Å². The van der Waals surface area contributed by atoms with Crippen LogP contribution in [0.4, 0.5) is 13.6 Å². The summed E-state index contributed by atoms with van der Waals surface area (Å²) in [5.41, 5.74) is 7.45. The molecular weight excluding hydrogens is 258 g/mol. The minimum atomic E-state index is -3.07. The molecule has 1 fully saturated rings. The smallest absolute Gasteiger partial charge is 0.410 e. The lowest BCUT2D eigenvalue weighted by atomic mass is 9.93. The summed E-state index contributed by atoms with van der Waals surface area (Å²) in [6.45, 7) is 4.25. The van der Waals surface area contributed by atoms with E-state index in [4.69, 9.17) is 10.3 Å². The van der Waals surface area contributed by atoms with Crippen molar-refractivity contribution in [2.24, 2.45) is 11.0 Å². The Morgan fingerprint density at radius 3 is 2.68 bits per heavy atom. The minimum absolute atomic E-state index is 0.0886. The fourth-order valence-electron chi connectivity index (χ4n) is 1.83. The second kappa shape index (κ2) is 5.61. The van der Waals surface area contributed by atoms with E-state index in [0.717, 1.165) is 4.90 Å². The van der Waals surface area contributed by atoms with Gasteiger partial charge in [-0.2, -0.15) is 0 Å². The van der Waals surface area contributed by atoms with Crippen LogP contribution in [0, 0.1) is 5.92 Å². The number of amides is 1. The molecule has 1 rings (SSSR count). The summed E-state index contributed by atoms with van der Waals surface area (Å²) in [5.74, 6) is -4.09. The molecule has 0 radical (unpaired) electrons. The van der Waals surface area contributed by atoms with Gasteiger partial charge in [-0.1, -0.05) is 5.11 Å². The highest BCUT2D eigenvalue weighted by Crippen LogP contribution is 2.33. The van der Waals surface area contributed by atoms with Crippen molar-refractivity contribution in [1.82, 2.24) is 4.90 Å². The summed E-state index contributed by atoms with van der Waals surface area (Å²) in [6, 6.07) is 0. The normalized spacial score (nSPS) is 22.6. The third-order valence-corrected chi connectivity index (χ3v) is 2.76. The summed E-state index contributed by atoms with van der Waals surface area (Å²) in [6.07, 6.45) is -0.653. The second-order valence-electron chi connectivity index (χ2n) is 5.56. The maximum Gasteiger partial charge on any atom is 0.410 e. The number of alkyl halides is 2. The Bertz CT molecular complexity index is 389. The Labute approximate surface area is 110 Å². The van der Waals surface area contributed by atoms with Gasteiger partial charge in [0.2, 0.25) is 0 Å². The van der Waals surface area contributed by atoms with E-state index in [1.165, 1.54) is 0 Å². The van der Waals surface area contributed by atoms with E-state index in [0.29, 0.717) is 0 Å². The average Bonchev–Trinajstić information content (AvgIpc) is 2.24. The third-order valence-electron chi connectivity index (χ3n) is 2.76. The first-order valence-electron chi connectivity index (χ1n) is 6.02. The molecule has 0 aromatic carbocycles. The van der Waals surface area contributed by atoms with Crippen molar-refractivity contribution in [3.8, 4) is 0 Å². The molecule has 1 saturated heterocycles. The quantitative estimate of drug-likeness (QED) is 0.441. The van der Waals surface area contributed by atoms with Crippen LogP contribution in [0.5, 0.6) is 0 Å². The summed E-state index contributed by atoms with van der Waals surface area (Å²) in [5, 5.41) is 3.19. The Morgan fingerprint density at radius 2 is 2.21 bits per heavy atom. The van der Waals surface area contributed by atoms with Crippen LogP contribution in [-0.2, 0) is 4.74 Å². The number of carbonyl (C=O) groups excluding carboxylic acids is 1. The molecule has 0 bridgehead atoms. The van der Waals surface area contributed by atoms with Crippen LogP contribution in [0.15, 0.2) is 5.11 Å². The molecule has 0 unspecified atom stereocenters. The highest BCUT2D eigenvalue weighted by Gasteiger charge is 2.46. The highest BCUT2D eigenvalue weighted by molar-refractivity contribution is 5.68. The number of rotatable bonds is 2.